The van der Waals surface area contributed by atoms with Gasteiger partial charge >= 0.3 is 0 Å². The molecule has 3 fully saturated rings. The first-order chi connectivity index (χ1) is 18.1. The predicted molar refractivity (Wildman–Crippen MR) is 137 cm³/mol. The number of pyridine rings is 1. The van der Waals surface area contributed by atoms with E-state index >= 15 is 0 Å². The molecule has 1 atom stereocenters. The number of halogens is 2. The quantitative estimate of drug-likeness (QED) is 0.390. The van der Waals surface area contributed by atoms with E-state index in [9.17, 15) is 25.6 Å². The minimum Gasteiger partial charge on any atom is -0.364 e. The average molecular weight is 566 g/mol. The van der Waals surface area contributed by atoms with Gasteiger partial charge in [-0.25, -0.2) is 39.6 Å². The van der Waals surface area contributed by atoms with Crippen LogP contribution in [0.4, 0.5) is 14.5 Å². The van der Waals surface area contributed by atoms with E-state index in [2.05, 4.69) is 14.5 Å². The summed E-state index contributed by atoms with van der Waals surface area (Å²) < 4.78 is 88.4. The molecule has 9 nitrogen and oxygen atoms in total. The lowest BCUT2D eigenvalue weighted by Gasteiger charge is -2.27. The van der Waals surface area contributed by atoms with Crippen molar-refractivity contribution in [1.29, 1.82) is 0 Å². The van der Waals surface area contributed by atoms with E-state index in [1.165, 1.54) is 16.8 Å². The molecule has 0 spiro atoms. The normalized spacial score (nSPS) is 20.5. The molecule has 6 rings (SSSR count). The lowest BCUT2D eigenvalue weighted by Crippen LogP contribution is -2.31. The standard InChI is InChI=1S/C25H29F2N5O4S2/c26-18-7-8-21(27)20(12-18)22-2-1-10-31(22)19-9-11-32-23(13-19)24(37(33,34)28-14-16-3-4-16)25(30-32)38(35,36)29-15-17-5-6-17/h7-9,11-13,16-17,22,28-29H,1-6,10,14-15H2. The lowest BCUT2D eigenvalue weighted by molar-refractivity contribution is 0.560. The largest absolute Gasteiger partial charge is 0.364 e. The molecule has 3 aromatic rings. The monoisotopic (exact) mass is 565 g/mol. The molecule has 2 aromatic heterocycles. The van der Waals surface area contributed by atoms with E-state index in [1.807, 2.05) is 4.90 Å². The molecule has 0 radical (unpaired) electrons. The van der Waals surface area contributed by atoms with Crippen LogP contribution in [0.1, 0.15) is 50.1 Å². The van der Waals surface area contributed by atoms with Crippen molar-refractivity contribution in [2.45, 2.75) is 54.5 Å². The molecule has 1 saturated heterocycles. The van der Waals surface area contributed by atoms with Gasteiger partial charge in [0.05, 0.1) is 11.6 Å². The van der Waals surface area contributed by atoms with Crippen LogP contribution in [0.15, 0.2) is 46.5 Å². The number of rotatable bonds is 10. The van der Waals surface area contributed by atoms with Gasteiger partial charge in [0.25, 0.3) is 10.0 Å². The summed E-state index contributed by atoms with van der Waals surface area (Å²) in [5.41, 5.74) is 0.891. The first kappa shape index (κ1) is 25.7. The SMILES string of the molecule is O=S(=O)(NCC1CC1)c1nn2ccc(N3CCCC3c3cc(F)ccc3F)cc2c1S(=O)(=O)NCC1CC1. The summed E-state index contributed by atoms with van der Waals surface area (Å²) in [7, 11) is -8.45. The number of hydrogen-bond acceptors (Lipinski definition) is 6. The Morgan fingerprint density at radius 2 is 1.58 bits per heavy atom. The highest BCUT2D eigenvalue weighted by Crippen LogP contribution is 2.39. The van der Waals surface area contributed by atoms with Gasteiger partial charge in [0.2, 0.25) is 15.0 Å². The Balaban J connectivity index is 1.43. The van der Waals surface area contributed by atoms with Crippen molar-refractivity contribution < 1.29 is 25.6 Å². The highest BCUT2D eigenvalue weighted by Gasteiger charge is 2.36. The summed E-state index contributed by atoms with van der Waals surface area (Å²) in [6, 6.07) is 6.15. The van der Waals surface area contributed by atoms with Crippen LogP contribution in [-0.2, 0) is 20.0 Å². The maximum absolute atomic E-state index is 14.6. The van der Waals surface area contributed by atoms with Crippen molar-refractivity contribution >= 4 is 31.3 Å². The van der Waals surface area contributed by atoms with Crippen LogP contribution in [0.2, 0.25) is 0 Å². The van der Waals surface area contributed by atoms with Crippen LogP contribution in [0, 0.1) is 23.5 Å². The summed E-state index contributed by atoms with van der Waals surface area (Å²) >= 11 is 0. The highest BCUT2D eigenvalue weighted by molar-refractivity contribution is 7.92. The van der Waals surface area contributed by atoms with E-state index < -0.39 is 47.6 Å². The number of fused-ring (bicyclic) bond motifs is 1. The van der Waals surface area contributed by atoms with E-state index in [0.29, 0.717) is 18.7 Å². The van der Waals surface area contributed by atoms with Gasteiger partial charge in [0, 0.05) is 37.1 Å². The summed E-state index contributed by atoms with van der Waals surface area (Å²) in [6.45, 7) is 0.994. The molecule has 2 N–H and O–H groups in total. The fourth-order valence-electron chi connectivity index (χ4n) is 5.01. The summed E-state index contributed by atoms with van der Waals surface area (Å²) in [6.07, 6.45) is 6.50. The van der Waals surface area contributed by atoms with Crippen LogP contribution < -0.4 is 14.3 Å². The molecular weight excluding hydrogens is 536 g/mol. The van der Waals surface area contributed by atoms with Crippen molar-refractivity contribution in [2.75, 3.05) is 24.5 Å². The third-order valence-corrected chi connectivity index (χ3v) is 10.4. The van der Waals surface area contributed by atoms with Crippen molar-refractivity contribution in [1.82, 2.24) is 19.1 Å². The Morgan fingerprint density at radius 1 is 0.895 bits per heavy atom. The Labute approximate surface area is 220 Å². The molecule has 13 heteroatoms. The molecule has 0 amide bonds. The van der Waals surface area contributed by atoms with Crippen LogP contribution in [0.25, 0.3) is 5.52 Å². The summed E-state index contributed by atoms with van der Waals surface area (Å²) in [4.78, 5) is 1.48. The molecule has 38 heavy (non-hydrogen) atoms. The molecule has 1 aliphatic heterocycles. The Bertz CT molecular complexity index is 1600. The molecule has 2 saturated carbocycles. The number of hydrogen-bond donors (Lipinski definition) is 2. The van der Waals surface area contributed by atoms with Crippen LogP contribution in [-0.4, -0.2) is 46.1 Å². The molecule has 1 aromatic carbocycles. The van der Waals surface area contributed by atoms with Gasteiger partial charge in [-0.05, 0) is 80.7 Å². The zero-order valence-corrected chi connectivity index (χ0v) is 22.2. The van der Waals surface area contributed by atoms with Gasteiger partial charge in [0.15, 0.2) is 0 Å². The van der Waals surface area contributed by atoms with Gasteiger partial charge < -0.3 is 4.90 Å². The van der Waals surface area contributed by atoms with Gasteiger partial charge in [-0.1, -0.05) is 0 Å². The minimum atomic E-state index is -4.23. The Hall–Kier alpha value is -2.61. The second kappa shape index (κ2) is 9.54. The molecule has 204 valence electrons. The molecule has 3 heterocycles. The van der Waals surface area contributed by atoms with E-state index in [4.69, 9.17) is 0 Å². The molecule has 3 aliphatic rings. The van der Waals surface area contributed by atoms with E-state index in [1.54, 1.807) is 12.1 Å². The fraction of sp³-hybridized carbons (Fsp3) is 0.480. The fourth-order valence-corrected chi connectivity index (χ4v) is 8.10. The first-order valence-electron chi connectivity index (χ1n) is 12.9. The summed E-state index contributed by atoms with van der Waals surface area (Å²) in [5.74, 6) is -0.571. The van der Waals surface area contributed by atoms with Crippen LogP contribution in [0.3, 0.4) is 0 Å². The van der Waals surface area contributed by atoms with E-state index in [-0.39, 0.29) is 36.0 Å². The number of benzene rings is 1. The molecular formula is C25H29F2N5O4S2. The second-order valence-electron chi connectivity index (χ2n) is 10.5. The van der Waals surface area contributed by atoms with Crippen molar-refractivity contribution in [3.8, 4) is 0 Å². The van der Waals surface area contributed by atoms with Crippen LogP contribution in [0.5, 0.6) is 0 Å². The van der Waals surface area contributed by atoms with Gasteiger partial charge in [0.1, 0.15) is 16.5 Å². The second-order valence-corrected chi connectivity index (χ2v) is 13.8. The minimum absolute atomic E-state index is 0.1000. The summed E-state index contributed by atoms with van der Waals surface area (Å²) in [5, 5.41) is 3.63. The third kappa shape index (κ3) is 5.04. The van der Waals surface area contributed by atoms with Crippen molar-refractivity contribution in [3.05, 3.63) is 53.7 Å². The Morgan fingerprint density at radius 3 is 2.26 bits per heavy atom. The highest BCUT2D eigenvalue weighted by atomic mass is 32.2. The smallest absolute Gasteiger partial charge is 0.261 e. The predicted octanol–water partition coefficient (Wildman–Crippen LogP) is 3.33. The topological polar surface area (TPSA) is 113 Å². The van der Waals surface area contributed by atoms with Gasteiger partial charge in [-0.15, -0.1) is 0 Å². The van der Waals surface area contributed by atoms with Crippen LogP contribution >= 0.6 is 0 Å². The van der Waals surface area contributed by atoms with E-state index in [0.717, 1.165) is 44.2 Å². The maximum atomic E-state index is 14.6. The number of nitrogens with one attached hydrogen (secondary N) is 2. The number of aromatic nitrogens is 2. The zero-order valence-electron chi connectivity index (χ0n) is 20.6. The number of sulfonamides is 2. The lowest BCUT2D eigenvalue weighted by atomic mass is 10.0. The maximum Gasteiger partial charge on any atom is 0.261 e. The Kier molecular flexibility index (Phi) is 6.44. The number of nitrogens with zero attached hydrogens (tertiary/aromatic N) is 3. The average Bonchev–Trinajstić information content (AvgIpc) is 3.80. The zero-order chi connectivity index (χ0) is 26.7. The third-order valence-electron chi connectivity index (χ3n) is 7.49. The first-order valence-corrected chi connectivity index (χ1v) is 15.8. The molecule has 0 bridgehead atoms. The molecule has 2 aliphatic carbocycles. The number of anilines is 1. The van der Waals surface area contributed by atoms with Gasteiger partial charge in [-0.2, -0.15) is 5.10 Å². The van der Waals surface area contributed by atoms with Crippen molar-refractivity contribution in [2.24, 2.45) is 11.8 Å². The molecule has 1 unspecified atom stereocenters. The van der Waals surface area contributed by atoms with Gasteiger partial charge in [-0.3, -0.25) is 0 Å². The van der Waals surface area contributed by atoms with Crippen molar-refractivity contribution in [3.63, 3.8) is 0 Å².